The third-order valence-corrected chi connectivity index (χ3v) is 7.28. The standard InChI is InChI=1S/C19H28N2O4S/c1-14(2)20(3)26(23,24)18-8-4-16(5-9-18)19(22)21(17-6-7-17)12-15-10-11-25-13-15/h4-5,8-9,14-15,17H,6-7,10-13H2,1-3H3. The molecule has 3 rings (SSSR count). The molecule has 7 heteroatoms. The van der Waals surface area contributed by atoms with Crippen molar-refractivity contribution in [2.24, 2.45) is 5.92 Å². The van der Waals surface area contributed by atoms with E-state index in [1.807, 2.05) is 18.7 Å². The fraction of sp³-hybridized carbons (Fsp3) is 0.632. The Kier molecular flexibility index (Phi) is 5.69. The van der Waals surface area contributed by atoms with E-state index in [1.54, 1.807) is 19.2 Å². The van der Waals surface area contributed by atoms with Gasteiger partial charge in [0.25, 0.3) is 5.91 Å². The predicted molar refractivity (Wildman–Crippen MR) is 99.5 cm³/mol. The fourth-order valence-corrected chi connectivity index (χ4v) is 4.54. The van der Waals surface area contributed by atoms with Crippen molar-refractivity contribution in [3.63, 3.8) is 0 Å². The number of benzene rings is 1. The summed E-state index contributed by atoms with van der Waals surface area (Å²) in [5.41, 5.74) is 0.543. The van der Waals surface area contributed by atoms with Gasteiger partial charge < -0.3 is 9.64 Å². The average Bonchev–Trinajstić information content (AvgIpc) is 3.34. The molecule has 1 amide bonds. The van der Waals surface area contributed by atoms with Gasteiger partial charge in [-0.2, -0.15) is 4.31 Å². The first-order chi connectivity index (χ1) is 12.3. The summed E-state index contributed by atoms with van der Waals surface area (Å²) in [6.07, 6.45) is 3.09. The molecular weight excluding hydrogens is 352 g/mol. The zero-order chi connectivity index (χ0) is 18.9. The van der Waals surface area contributed by atoms with Crippen LogP contribution in [0, 0.1) is 5.92 Å². The van der Waals surface area contributed by atoms with E-state index in [1.165, 1.54) is 16.4 Å². The van der Waals surface area contributed by atoms with Crippen LogP contribution in [0.4, 0.5) is 0 Å². The fourth-order valence-electron chi connectivity index (χ4n) is 3.17. The van der Waals surface area contributed by atoms with E-state index in [2.05, 4.69) is 0 Å². The first-order valence-electron chi connectivity index (χ1n) is 9.27. The van der Waals surface area contributed by atoms with Crippen molar-refractivity contribution in [2.75, 3.05) is 26.8 Å². The monoisotopic (exact) mass is 380 g/mol. The molecule has 2 aliphatic rings. The second-order valence-electron chi connectivity index (χ2n) is 7.56. The van der Waals surface area contributed by atoms with Gasteiger partial charge in [-0.15, -0.1) is 0 Å². The van der Waals surface area contributed by atoms with Gasteiger partial charge in [-0.1, -0.05) is 0 Å². The molecule has 1 atom stereocenters. The predicted octanol–water partition coefficient (Wildman–Crippen LogP) is 2.36. The second-order valence-corrected chi connectivity index (χ2v) is 9.56. The van der Waals surface area contributed by atoms with Gasteiger partial charge in [0, 0.05) is 43.8 Å². The highest BCUT2D eigenvalue weighted by Crippen LogP contribution is 2.30. The molecule has 26 heavy (non-hydrogen) atoms. The minimum Gasteiger partial charge on any atom is -0.381 e. The lowest BCUT2D eigenvalue weighted by atomic mass is 10.1. The quantitative estimate of drug-likeness (QED) is 0.728. The summed E-state index contributed by atoms with van der Waals surface area (Å²) < 4.78 is 31.9. The Bertz CT molecular complexity index is 735. The molecule has 0 N–H and O–H groups in total. The molecule has 1 aliphatic carbocycles. The van der Waals surface area contributed by atoms with Crippen LogP contribution in [-0.2, 0) is 14.8 Å². The molecule has 144 valence electrons. The SMILES string of the molecule is CC(C)N(C)S(=O)(=O)c1ccc(C(=O)N(CC2CCOC2)C2CC2)cc1. The van der Waals surface area contributed by atoms with Gasteiger partial charge in [0.15, 0.2) is 0 Å². The number of ether oxygens (including phenoxy) is 1. The largest absolute Gasteiger partial charge is 0.381 e. The molecule has 0 spiro atoms. The minimum absolute atomic E-state index is 0.0134. The van der Waals surface area contributed by atoms with Crippen LogP contribution in [0.3, 0.4) is 0 Å². The third-order valence-electron chi connectivity index (χ3n) is 5.23. The van der Waals surface area contributed by atoms with Gasteiger partial charge >= 0.3 is 0 Å². The number of sulfonamides is 1. The van der Waals surface area contributed by atoms with Crippen molar-refractivity contribution in [3.05, 3.63) is 29.8 Å². The molecular formula is C19H28N2O4S. The maximum atomic E-state index is 12.9. The Labute approximate surface area is 156 Å². The van der Waals surface area contributed by atoms with Gasteiger partial charge in [0.1, 0.15) is 0 Å². The van der Waals surface area contributed by atoms with Gasteiger partial charge in [0.2, 0.25) is 10.0 Å². The molecule has 6 nitrogen and oxygen atoms in total. The van der Waals surface area contributed by atoms with E-state index in [0.29, 0.717) is 17.5 Å². The van der Waals surface area contributed by atoms with Crippen molar-refractivity contribution >= 4 is 15.9 Å². The van der Waals surface area contributed by atoms with Crippen LogP contribution >= 0.6 is 0 Å². The lowest BCUT2D eigenvalue weighted by Crippen LogP contribution is -2.37. The second kappa shape index (κ2) is 7.66. The Morgan fingerprint density at radius 2 is 1.85 bits per heavy atom. The van der Waals surface area contributed by atoms with E-state index in [0.717, 1.165) is 39.0 Å². The molecule has 1 heterocycles. The van der Waals surface area contributed by atoms with Gasteiger partial charge in [-0.3, -0.25) is 4.79 Å². The normalized spacial score (nSPS) is 20.7. The van der Waals surface area contributed by atoms with Crippen LogP contribution in [0.15, 0.2) is 29.2 Å². The van der Waals surface area contributed by atoms with Crippen molar-refractivity contribution in [2.45, 2.75) is 50.1 Å². The van der Waals surface area contributed by atoms with Gasteiger partial charge in [0.05, 0.1) is 11.5 Å². The minimum atomic E-state index is -3.53. The van der Waals surface area contributed by atoms with Crippen LogP contribution in [-0.4, -0.2) is 62.4 Å². The topological polar surface area (TPSA) is 66.9 Å². The lowest BCUT2D eigenvalue weighted by Gasteiger charge is -2.25. The Morgan fingerprint density at radius 1 is 1.19 bits per heavy atom. The molecule has 2 fully saturated rings. The summed E-state index contributed by atoms with van der Waals surface area (Å²) in [6.45, 7) is 5.87. The molecule has 1 unspecified atom stereocenters. The Morgan fingerprint density at radius 3 is 2.35 bits per heavy atom. The maximum Gasteiger partial charge on any atom is 0.254 e. The van der Waals surface area contributed by atoms with Crippen molar-refractivity contribution in [3.8, 4) is 0 Å². The molecule has 0 radical (unpaired) electrons. The molecule has 0 bridgehead atoms. The lowest BCUT2D eigenvalue weighted by molar-refractivity contribution is 0.0706. The summed E-state index contributed by atoms with van der Waals surface area (Å²) in [6, 6.07) is 6.52. The molecule has 1 aromatic carbocycles. The van der Waals surface area contributed by atoms with E-state index in [-0.39, 0.29) is 16.8 Å². The highest BCUT2D eigenvalue weighted by atomic mass is 32.2. The number of carbonyl (C=O) groups excluding carboxylic acids is 1. The van der Waals surface area contributed by atoms with E-state index in [4.69, 9.17) is 4.74 Å². The number of nitrogens with zero attached hydrogens (tertiary/aromatic N) is 2. The van der Waals surface area contributed by atoms with E-state index in [9.17, 15) is 13.2 Å². The summed E-state index contributed by atoms with van der Waals surface area (Å²) in [7, 11) is -1.96. The zero-order valence-electron chi connectivity index (χ0n) is 15.7. The van der Waals surface area contributed by atoms with Crippen LogP contribution in [0.5, 0.6) is 0 Å². The number of hydrogen-bond acceptors (Lipinski definition) is 4. The van der Waals surface area contributed by atoms with Crippen molar-refractivity contribution in [1.82, 2.24) is 9.21 Å². The summed E-state index contributed by atoms with van der Waals surface area (Å²) >= 11 is 0. The number of amides is 1. The van der Waals surface area contributed by atoms with E-state index < -0.39 is 10.0 Å². The van der Waals surface area contributed by atoms with E-state index >= 15 is 0 Å². The van der Waals surface area contributed by atoms with Gasteiger partial charge in [-0.05, 0) is 57.4 Å². The smallest absolute Gasteiger partial charge is 0.254 e. The molecule has 1 saturated carbocycles. The highest BCUT2D eigenvalue weighted by molar-refractivity contribution is 7.89. The first-order valence-corrected chi connectivity index (χ1v) is 10.7. The van der Waals surface area contributed by atoms with Crippen LogP contribution in [0.1, 0.15) is 43.5 Å². The van der Waals surface area contributed by atoms with Crippen LogP contribution < -0.4 is 0 Å². The Hall–Kier alpha value is -1.44. The molecule has 1 aliphatic heterocycles. The van der Waals surface area contributed by atoms with Crippen molar-refractivity contribution < 1.29 is 17.9 Å². The summed E-state index contributed by atoms with van der Waals surface area (Å²) in [4.78, 5) is 15.1. The van der Waals surface area contributed by atoms with Crippen LogP contribution in [0.25, 0.3) is 0 Å². The highest BCUT2D eigenvalue weighted by Gasteiger charge is 2.35. The zero-order valence-corrected chi connectivity index (χ0v) is 16.5. The van der Waals surface area contributed by atoms with Gasteiger partial charge in [-0.25, -0.2) is 8.42 Å². The summed E-state index contributed by atoms with van der Waals surface area (Å²) in [5.74, 6) is 0.388. The third kappa shape index (κ3) is 4.10. The number of carbonyl (C=O) groups is 1. The molecule has 1 aromatic rings. The number of rotatable bonds is 7. The Balaban J connectivity index is 1.75. The first kappa shape index (κ1) is 19.3. The maximum absolute atomic E-state index is 12.9. The summed E-state index contributed by atoms with van der Waals surface area (Å²) in [5, 5.41) is 0. The molecule has 0 aromatic heterocycles. The number of hydrogen-bond donors (Lipinski definition) is 0. The average molecular weight is 381 g/mol. The van der Waals surface area contributed by atoms with Crippen molar-refractivity contribution in [1.29, 1.82) is 0 Å². The van der Waals surface area contributed by atoms with Crippen LogP contribution in [0.2, 0.25) is 0 Å². The molecule has 1 saturated heterocycles.